The molecule has 0 spiro atoms. The molecule has 0 aliphatic heterocycles. The maximum atomic E-state index is 13.0. The fourth-order valence-corrected chi connectivity index (χ4v) is 3.02. The van der Waals surface area contributed by atoms with Crippen molar-refractivity contribution in [2.24, 2.45) is 4.99 Å². The summed E-state index contributed by atoms with van der Waals surface area (Å²) in [6, 6.07) is 14.7. The third-order valence-electron chi connectivity index (χ3n) is 4.37. The van der Waals surface area contributed by atoms with E-state index in [0.717, 1.165) is 48.9 Å². The number of aliphatic imine (C=N–C) groups is 1. The lowest BCUT2D eigenvalue weighted by Gasteiger charge is -2.12. The summed E-state index contributed by atoms with van der Waals surface area (Å²) in [7, 11) is 0. The number of aromatic nitrogens is 2. The molecule has 0 atom stereocenters. The van der Waals surface area contributed by atoms with Crippen LogP contribution in [-0.4, -0.2) is 28.6 Å². The van der Waals surface area contributed by atoms with Gasteiger partial charge in [-0.1, -0.05) is 24.3 Å². The average Bonchev–Trinajstić information content (AvgIpc) is 2.99. The van der Waals surface area contributed by atoms with Crippen molar-refractivity contribution in [2.75, 3.05) is 13.1 Å². The van der Waals surface area contributed by atoms with Crippen LogP contribution in [-0.2, 0) is 13.1 Å². The summed E-state index contributed by atoms with van der Waals surface area (Å²) in [5.74, 6) is 1.58. The topological polar surface area (TPSA) is 54.2 Å². The Morgan fingerprint density at radius 2 is 1.89 bits per heavy atom. The van der Waals surface area contributed by atoms with Gasteiger partial charge in [0.25, 0.3) is 0 Å². The molecule has 0 radical (unpaired) electrons. The second kappa shape index (κ2) is 9.16. The van der Waals surface area contributed by atoms with Gasteiger partial charge in [0, 0.05) is 19.6 Å². The maximum Gasteiger partial charge on any atom is 0.191 e. The van der Waals surface area contributed by atoms with Gasteiger partial charge in [-0.15, -0.1) is 0 Å². The standard InChI is InChI=1S/C21H26FN5/c1-3-23-21(25-15-17-9-11-18(22)12-10-17)24-13-6-14-27-16(2)26-19-7-4-5-8-20(19)27/h4-5,7-12H,3,6,13-15H2,1-2H3,(H2,23,24,25). The van der Waals surface area contributed by atoms with Crippen LogP contribution in [0.15, 0.2) is 53.5 Å². The number of halogens is 1. The first-order valence-electron chi connectivity index (χ1n) is 9.36. The molecule has 6 heteroatoms. The Balaban J connectivity index is 1.54. The molecule has 0 saturated carbocycles. The molecule has 27 heavy (non-hydrogen) atoms. The van der Waals surface area contributed by atoms with Crippen molar-refractivity contribution in [3.05, 3.63) is 65.7 Å². The number of para-hydroxylation sites is 2. The smallest absolute Gasteiger partial charge is 0.191 e. The predicted octanol–water partition coefficient (Wildman–Crippen LogP) is 3.63. The molecule has 142 valence electrons. The summed E-state index contributed by atoms with van der Waals surface area (Å²) in [6.45, 7) is 7.09. The van der Waals surface area contributed by atoms with E-state index in [0.29, 0.717) is 6.54 Å². The first-order chi connectivity index (χ1) is 13.2. The number of benzene rings is 2. The van der Waals surface area contributed by atoms with Gasteiger partial charge in [-0.2, -0.15) is 0 Å². The second-order valence-corrected chi connectivity index (χ2v) is 6.40. The Hall–Kier alpha value is -2.89. The van der Waals surface area contributed by atoms with Crippen LogP contribution in [0.2, 0.25) is 0 Å². The highest BCUT2D eigenvalue weighted by molar-refractivity contribution is 5.79. The minimum Gasteiger partial charge on any atom is -0.357 e. The van der Waals surface area contributed by atoms with Crippen LogP contribution in [0.1, 0.15) is 24.7 Å². The van der Waals surface area contributed by atoms with Crippen molar-refractivity contribution in [1.29, 1.82) is 0 Å². The lowest BCUT2D eigenvalue weighted by atomic mass is 10.2. The lowest BCUT2D eigenvalue weighted by Crippen LogP contribution is -2.38. The molecule has 2 N–H and O–H groups in total. The highest BCUT2D eigenvalue weighted by Crippen LogP contribution is 2.15. The van der Waals surface area contributed by atoms with Gasteiger partial charge in [0.05, 0.1) is 17.6 Å². The lowest BCUT2D eigenvalue weighted by molar-refractivity contribution is 0.624. The van der Waals surface area contributed by atoms with Crippen molar-refractivity contribution in [3.63, 3.8) is 0 Å². The van der Waals surface area contributed by atoms with E-state index in [1.807, 2.05) is 32.0 Å². The van der Waals surface area contributed by atoms with Gasteiger partial charge in [0.15, 0.2) is 5.96 Å². The molecule has 0 aliphatic rings. The Kier molecular flexibility index (Phi) is 6.41. The van der Waals surface area contributed by atoms with Gasteiger partial charge in [-0.3, -0.25) is 0 Å². The highest BCUT2D eigenvalue weighted by Gasteiger charge is 2.06. The molecule has 0 aliphatic carbocycles. The molecule has 0 fully saturated rings. The quantitative estimate of drug-likeness (QED) is 0.381. The van der Waals surface area contributed by atoms with E-state index in [9.17, 15) is 4.39 Å². The molecular weight excluding hydrogens is 341 g/mol. The number of rotatable bonds is 7. The normalized spacial score (nSPS) is 11.7. The average molecular weight is 367 g/mol. The second-order valence-electron chi connectivity index (χ2n) is 6.40. The van der Waals surface area contributed by atoms with Crippen LogP contribution in [0, 0.1) is 12.7 Å². The zero-order valence-electron chi connectivity index (χ0n) is 15.9. The number of hydrogen-bond acceptors (Lipinski definition) is 2. The number of imidazole rings is 1. The first kappa shape index (κ1) is 18.9. The van der Waals surface area contributed by atoms with Gasteiger partial charge in [0.1, 0.15) is 11.6 Å². The first-order valence-corrected chi connectivity index (χ1v) is 9.36. The molecular formula is C21H26FN5. The van der Waals surface area contributed by atoms with Gasteiger partial charge in [-0.25, -0.2) is 14.4 Å². The Bertz CT molecular complexity index is 899. The van der Waals surface area contributed by atoms with Gasteiger partial charge < -0.3 is 15.2 Å². The minimum atomic E-state index is -0.227. The highest BCUT2D eigenvalue weighted by atomic mass is 19.1. The molecule has 5 nitrogen and oxygen atoms in total. The van der Waals surface area contributed by atoms with Gasteiger partial charge in [0.2, 0.25) is 0 Å². The molecule has 0 unspecified atom stereocenters. The third kappa shape index (κ3) is 5.06. The van der Waals surface area contributed by atoms with Crippen LogP contribution < -0.4 is 10.6 Å². The largest absolute Gasteiger partial charge is 0.357 e. The summed E-state index contributed by atoms with van der Waals surface area (Å²) < 4.78 is 15.2. The molecule has 2 aromatic carbocycles. The van der Waals surface area contributed by atoms with Crippen LogP contribution in [0.3, 0.4) is 0 Å². The predicted molar refractivity (Wildman–Crippen MR) is 108 cm³/mol. The third-order valence-corrected chi connectivity index (χ3v) is 4.37. The van der Waals surface area contributed by atoms with Crippen molar-refractivity contribution in [2.45, 2.75) is 33.4 Å². The zero-order valence-corrected chi connectivity index (χ0v) is 15.9. The van der Waals surface area contributed by atoms with Crippen molar-refractivity contribution in [1.82, 2.24) is 20.2 Å². The van der Waals surface area contributed by atoms with E-state index >= 15 is 0 Å². The Morgan fingerprint density at radius 3 is 2.67 bits per heavy atom. The molecule has 3 aromatic rings. The maximum absolute atomic E-state index is 13.0. The van der Waals surface area contributed by atoms with Gasteiger partial charge in [-0.05, 0) is 50.1 Å². The molecule has 1 aromatic heterocycles. The van der Waals surface area contributed by atoms with Crippen LogP contribution in [0.4, 0.5) is 4.39 Å². The summed E-state index contributed by atoms with van der Waals surface area (Å²) in [6.07, 6.45) is 0.960. The fourth-order valence-electron chi connectivity index (χ4n) is 3.02. The Labute approximate surface area is 159 Å². The molecule has 3 rings (SSSR count). The number of nitrogens with one attached hydrogen (secondary N) is 2. The van der Waals surface area contributed by atoms with Gasteiger partial charge >= 0.3 is 0 Å². The van der Waals surface area contributed by atoms with E-state index in [-0.39, 0.29) is 5.82 Å². The summed E-state index contributed by atoms with van der Waals surface area (Å²) in [5.41, 5.74) is 3.19. The fraction of sp³-hybridized carbons (Fsp3) is 0.333. The zero-order chi connectivity index (χ0) is 19.1. The van der Waals surface area contributed by atoms with Crippen molar-refractivity contribution < 1.29 is 4.39 Å². The molecule has 0 saturated heterocycles. The number of aryl methyl sites for hydroxylation is 2. The molecule has 1 heterocycles. The Morgan fingerprint density at radius 1 is 1.11 bits per heavy atom. The van der Waals surface area contributed by atoms with Crippen molar-refractivity contribution >= 4 is 17.0 Å². The monoisotopic (exact) mass is 367 g/mol. The van der Waals surface area contributed by atoms with E-state index < -0.39 is 0 Å². The SMILES string of the molecule is CCNC(=NCc1ccc(F)cc1)NCCCn1c(C)nc2ccccc21. The van der Waals surface area contributed by atoms with E-state index in [4.69, 9.17) is 0 Å². The van der Waals surface area contributed by atoms with Crippen LogP contribution in [0.25, 0.3) is 11.0 Å². The van der Waals surface area contributed by atoms with E-state index in [1.54, 1.807) is 12.1 Å². The summed E-state index contributed by atoms with van der Waals surface area (Å²) in [4.78, 5) is 9.17. The van der Waals surface area contributed by atoms with Crippen molar-refractivity contribution in [3.8, 4) is 0 Å². The summed E-state index contributed by atoms with van der Waals surface area (Å²) >= 11 is 0. The summed E-state index contributed by atoms with van der Waals surface area (Å²) in [5, 5.41) is 6.61. The van der Waals surface area contributed by atoms with E-state index in [2.05, 4.69) is 31.2 Å². The molecule has 0 bridgehead atoms. The number of nitrogens with zero attached hydrogens (tertiary/aromatic N) is 3. The minimum absolute atomic E-state index is 0.227. The number of guanidine groups is 1. The van der Waals surface area contributed by atoms with Crippen LogP contribution >= 0.6 is 0 Å². The van der Waals surface area contributed by atoms with E-state index in [1.165, 1.54) is 17.6 Å². The molecule has 0 amide bonds. The number of fused-ring (bicyclic) bond motifs is 1. The number of hydrogen-bond donors (Lipinski definition) is 2. The van der Waals surface area contributed by atoms with Crippen LogP contribution in [0.5, 0.6) is 0 Å².